The minimum Gasteiger partial charge on any atom is -0.490 e. The van der Waals surface area contributed by atoms with Crippen molar-refractivity contribution >= 4 is 39.0 Å². The summed E-state index contributed by atoms with van der Waals surface area (Å²) in [5.74, 6) is -0.236. The minimum atomic E-state index is -3.70. The van der Waals surface area contributed by atoms with Gasteiger partial charge < -0.3 is 30.1 Å². The van der Waals surface area contributed by atoms with Gasteiger partial charge in [-0.2, -0.15) is 4.31 Å². The van der Waals surface area contributed by atoms with Gasteiger partial charge in [0.1, 0.15) is 9.96 Å². The van der Waals surface area contributed by atoms with Crippen LogP contribution < -0.4 is 15.4 Å². The molecule has 1 aromatic heterocycles. The molecule has 1 aliphatic carbocycles. The van der Waals surface area contributed by atoms with E-state index in [9.17, 15) is 23.1 Å². The van der Waals surface area contributed by atoms with Crippen LogP contribution in [-0.4, -0.2) is 92.3 Å². The summed E-state index contributed by atoms with van der Waals surface area (Å²) >= 11 is 1.17. The van der Waals surface area contributed by atoms with Crippen LogP contribution in [0.5, 0.6) is 5.75 Å². The lowest BCUT2D eigenvalue weighted by Gasteiger charge is -2.35. The zero-order valence-corrected chi connectivity index (χ0v) is 29.1. The van der Waals surface area contributed by atoms with Gasteiger partial charge in [0.15, 0.2) is 0 Å². The van der Waals surface area contributed by atoms with E-state index in [0.717, 1.165) is 44.9 Å². The second-order valence-corrected chi connectivity index (χ2v) is 15.9. The zero-order valence-electron chi connectivity index (χ0n) is 27.4. The molecule has 3 amide bonds. The highest BCUT2D eigenvalue weighted by atomic mass is 32.2. The summed E-state index contributed by atoms with van der Waals surface area (Å²) < 4.78 is 40.6. The number of carbonyl (C=O) groups is 2. The first-order valence-corrected chi connectivity index (χ1v) is 18.7. The van der Waals surface area contributed by atoms with Gasteiger partial charge in [0.2, 0.25) is 0 Å². The Kier molecular flexibility index (Phi) is 13.3. The first kappa shape index (κ1) is 36.1. The van der Waals surface area contributed by atoms with E-state index >= 15 is 0 Å². The molecule has 0 radical (unpaired) electrons. The van der Waals surface area contributed by atoms with Gasteiger partial charge in [-0.1, -0.05) is 32.3 Å². The number of rotatable bonds is 8. The predicted molar refractivity (Wildman–Crippen MR) is 180 cm³/mol. The fourth-order valence-corrected chi connectivity index (χ4v) is 8.36. The SMILES string of the molecule is C[C@@H]1CCCCO[C@@H](CN(C)S(=O)(=O)c2cccs2)[C@@H](C)CN([C@H](C)CO)C(=O)c2cc(NC(=O)NC3CCCCC3)ccc2O1. The van der Waals surface area contributed by atoms with Crippen LogP contribution in [0.2, 0.25) is 0 Å². The van der Waals surface area contributed by atoms with Crippen LogP contribution >= 0.6 is 11.3 Å². The molecule has 4 rings (SSSR count). The number of ether oxygens (including phenoxy) is 2. The maximum absolute atomic E-state index is 14.3. The number of anilines is 1. The fourth-order valence-electron chi connectivity index (χ4n) is 5.98. The van der Waals surface area contributed by atoms with E-state index in [0.29, 0.717) is 18.0 Å². The fraction of sp³-hybridized carbons (Fsp3) is 0.636. The first-order valence-electron chi connectivity index (χ1n) is 16.4. The third-order valence-corrected chi connectivity index (χ3v) is 12.0. The highest BCUT2D eigenvalue weighted by Crippen LogP contribution is 2.29. The molecule has 256 valence electrons. The van der Waals surface area contributed by atoms with Crippen LogP contribution in [0.1, 0.15) is 82.5 Å². The van der Waals surface area contributed by atoms with Crippen molar-refractivity contribution in [3.63, 3.8) is 0 Å². The molecule has 1 fully saturated rings. The smallest absolute Gasteiger partial charge is 0.319 e. The van der Waals surface area contributed by atoms with Gasteiger partial charge in [0, 0.05) is 44.4 Å². The molecule has 46 heavy (non-hydrogen) atoms. The molecule has 0 unspecified atom stereocenters. The molecule has 1 aromatic carbocycles. The van der Waals surface area contributed by atoms with Crippen molar-refractivity contribution in [3.05, 3.63) is 41.3 Å². The Bertz CT molecular complexity index is 1380. The standard InChI is InChI=1S/C33H50N4O7S2/c1-23-20-37(24(2)22-38)32(39)28-19-27(35-33(40)34-26-12-6-5-7-13-26)15-16-29(28)44-25(3)11-8-9-17-43-30(23)21-36(4)46(41,42)31-14-10-18-45-31/h10,14-16,18-19,23-26,30,38H,5-9,11-13,17,20-22H2,1-4H3,(H2,34,35,40)/t23-,24+,25+,30-/m0/s1. The van der Waals surface area contributed by atoms with Crippen LogP contribution in [0, 0.1) is 5.92 Å². The molecule has 0 bridgehead atoms. The van der Waals surface area contributed by atoms with Crippen molar-refractivity contribution in [2.45, 2.75) is 101 Å². The molecule has 0 spiro atoms. The molecule has 2 aliphatic rings. The van der Waals surface area contributed by atoms with E-state index in [1.807, 2.05) is 13.8 Å². The number of hydrogen-bond acceptors (Lipinski definition) is 8. The molecule has 11 nitrogen and oxygen atoms in total. The topological polar surface area (TPSA) is 138 Å². The average molecular weight is 679 g/mol. The summed E-state index contributed by atoms with van der Waals surface area (Å²) in [6.07, 6.45) is 6.90. The maximum Gasteiger partial charge on any atom is 0.319 e. The van der Waals surface area contributed by atoms with Gasteiger partial charge in [-0.05, 0) is 75.6 Å². The van der Waals surface area contributed by atoms with Crippen LogP contribution in [0.25, 0.3) is 0 Å². The number of benzene rings is 1. The van der Waals surface area contributed by atoms with E-state index in [2.05, 4.69) is 10.6 Å². The Labute approximate surface area is 277 Å². The van der Waals surface area contributed by atoms with Crippen molar-refractivity contribution in [2.24, 2.45) is 5.92 Å². The number of urea groups is 1. The number of amides is 3. The molecule has 13 heteroatoms. The van der Waals surface area contributed by atoms with Gasteiger partial charge in [-0.3, -0.25) is 4.79 Å². The Morgan fingerprint density at radius 3 is 2.57 bits per heavy atom. The summed E-state index contributed by atoms with van der Waals surface area (Å²) in [6, 6.07) is 7.64. The van der Waals surface area contributed by atoms with E-state index in [4.69, 9.17) is 9.47 Å². The lowest BCUT2D eigenvalue weighted by molar-refractivity contribution is -0.00832. The molecule has 1 saturated carbocycles. The molecule has 0 saturated heterocycles. The van der Waals surface area contributed by atoms with Crippen LogP contribution in [0.15, 0.2) is 39.9 Å². The van der Waals surface area contributed by atoms with Crippen molar-refractivity contribution in [3.8, 4) is 5.75 Å². The monoisotopic (exact) mass is 678 g/mol. The summed E-state index contributed by atoms with van der Waals surface area (Å²) in [5, 5.41) is 17.9. The maximum atomic E-state index is 14.3. The third kappa shape index (κ3) is 9.66. The van der Waals surface area contributed by atoms with Gasteiger partial charge in [-0.25, -0.2) is 13.2 Å². The van der Waals surface area contributed by atoms with Crippen molar-refractivity contribution in [1.29, 1.82) is 0 Å². The number of aliphatic hydroxyl groups is 1. The van der Waals surface area contributed by atoms with Gasteiger partial charge in [0.25, 0.3) is 15.9 Å². The van der Waals surface area contributed by atoms with Gasteiger partial charge in [0.05, 0.1) is 30.4 Å². The number of thiophene rings is 1. The highest BCUT2D eigenvalue weighted by Gasteiger charge is 2.32. The molecular formula is C33H50N4O7S2. The average Bonchev–Trinajstić information content (AvgIpc) is 3.59. The minimum absolute atomic E-state index is 0.108. The molecule has 2 heterocycles. The van der Waals surface area contributed by atoms with E-state index < -0.39 is 22.2 Å². The Morgan fingerprint density at radius 1 is 1.13 bits per heavy atom. The Hall–Kier alpha value is -2.71. The summed E-state index contributed by atoms with van der Waals surface area (Å²) in [6.45, 7) is 6.12. The van der Waals surface area contributed by atoms with Crippen molar-refractivity contribution < 1.29 is 32.6 Å². The molecule has 4 atom stereocenters. The predicted octanol–water partition coefficient (Wildman–Crippen LogP) is 5.32. The highest BCUT2D eigenvalue weighted by molar-refractivity contribution is 7.91. The number of hydrogen-bond donors (Lipinski definition) is 3. The number of sulfonamides is 1. The third-order valence-electron chi connectivity index (χ3n) is 8.85. The summed E-state index contributed by atoms with van der Waals surface area (Å²) in [7, 11) is -2.16. The normalized spacial score (nSPS) is 23.2. The van der Waals surface area contributed by atoms with Crippen LogP contribution in [0.4, 0.5) is 10.5 Å². The van der Waals surface area contributed by atoms with E-state index in [1.54, 1.807) is 54.6 Å². The first-order chi connectivity index (χ1) is 22.0. The second-order valence-electron chi connectivity index (χ2n) is 12.7. The largest absolute Gasteiger partial charge is 0.490 e. The van der Waals surface area contributed by atoms with Gasteiger partial charge >= 0.3 is 6.03 Å². The number of nitrogens with zero attached hydrogens (tertiary/aromatic N) is 2. The molecular weight excluding hydrogens is 629 g/mol. The molecule has 3 N–H and O–H groups in total. The number of carbonyl (C=O) groups excluding carboxylic acids is 2. The summed E-state index contributed by atoms with van der Waals surface area (Å²) in [4.78, 5) is 28.8. The van der Waals surface area contributed by atoms with Crippen LogP contribution in [-0.2, 0) is 14.8 Å². The number of fused-ring (bicyclic) bond motifs is 1. The van der Waals surface area contributed by atoms with E-state index in [1.165, 1.54) is 22.1 Å². The van der Waals surface area contributed by atoms with Crippen molar-refractivity contribution in [2.75, 3.05) is 38.7 Å². The van der Waals surface area contributed by atoms with Crippen LogP contribution in [0.3, 0.4) is 0 Å². The lowest BCUT2D eigenvalue weighted by Crippen LogP contribution is -2.48. The molecule has 1 aliphatic heterocycles. The molecule has 2 aromatic rings. The second kappa shape index (κ2) is 16.9. The Morgan fingerprint density at radius 2 is 1.87 bits per heavy atom. The number of likely N-dealkylation sites (N-methyl/N-ethyl adjacent to an activating group) is 1. The number of aliphatic hydroxyl groups excluding tert-OH is 1. The lowest BCUT2D eigenvalue weighted by atomic mass is 9.96. The number of nitrogens with one attached hydrogen (secondary N) is 2. The van der Waals surface area contributed by atoms with Crippen molar-refractivity contribution in [1.82, 2.24) is 14.5 Å². The van der Waals surface area contributed by atoms with E-state index in [-0.39, 0.29) is 59.5 Å². The summed E-state index contributed by atoms with van der Waals surface area (Å²) in [5.41, 5.74) is 0.741. The quantitative estimate of drug-likeness (QED) is 0.344. The Balaban J connectivity index is 1.60. The van der Waals surface area contributed by atoms with Gasteiger partial charge in [-0.15, -0.1) is 11.3 Å². The zero-order chi connectivity index (χ0) is 33.3.